The lowest BCUT2D eigenvalue weighted by molar-refractivity contribution is 0.0740. The Hall–Kier alpha value is -0.660. The zero-order valence-electron chi connectivity index (χ0n) is 14.9. The van der Waals surface area contributed by atoms with Crippen LogP contribution in [0.4, 0.5) is 0 Å². The molecule has 0 aliphatic carbocycles. The van der Waals surface area contributed by atoms with E-state index in [9.17, 15) is 8.42 Å². The summed E-state index contributed by atoms with van der Waals surface area (Å²) in [7, 11) is 0.591. The monoisotopic (exact) mass is 373 g/mol. The molecule has 1 aliphatic rings. The number of hydrogen-bond donors (Lipinski definition) is 0. The molecule has 1 aromatic carbocycles. The molecule has 1 aromatic rings. The van der Waals surface area contributed by atoms with Crippen LogP contribution in [-0.4, -0.2) is 74.9 Å². The molecule has 7 heteroatoms. The molecule has 0 saturated carbocycles. The Kier molecular flexibility index (Phi) is 6.67. The van der Waals surface area contributed by atoms with Crippen LogP contribution < -0.4 is 0 Å². The molecule has 1 aliphatic heterocycles. The van der Waals surface area contributed by atoms with Crippen molar-refractivity contribution in [2.45, 2.75) is 37.2 Å². The molecule has 0 aromatic heterocycles. The fraction of sp³-hybridized carbons (Fsp3) is 0.647. The van der Waals surface area contributed by atoms with E-state index in [-0.39, 0.29) is 22.0 Å². The van der Waals surface area contributed by atoms with E-state index in [4.69, 9.17) is 11.6 Å². The Morgan fingerprint density at radius 1 is 1.17 bits per heavy atom. The summed E-state index contributed by atoms with van der Waals surface area (Å²) in [5.41, 5.74) is 0. The first-order valence-corrected chi connectivity index (χ1v) is 10.2. The molecule has 2 atom stereocenters. The smallest absolute Gasteiger partial charge is 0.244 e. The molecule has 0 spiro atoms. The first kappa shape index (κ1) is 19.7. The zero-order chi connectivity index (χ0) is 17.9. The van der Waals surface area contributed by atoms with E-state index in [1.807, 2.05) is 0 Å². The van der Waals surface area contributed by atoms with Gasteiger partial charge in [0.25, 0.3) is 0 Å². The molecule has 1 saturated heterocycles. The highest BCUT2D eigenvalue weighted by molar-refractivity contribution is 7.89. The topological polar surface area (TPSA) is 43.9 Å². The average Bonchev–Trinajstić information content (AvgIpc) is 2.49. The van der Waals surface area contributed by atoms with Crippen molar-refractivity contribution in [3.05, 3.63) is 29.3 Å². The molecule has 1 fully saturated rings. The van der Waals surface area contributed by atoms with Crippen molar-refractivity contribution < 1.29 is 8.42 Å². The number of piperazine rings is 1. The van der Waals surface area contributed by atoms with Gasteiger partial charge >= 0.3 is 0 Å². The highest BCUT2D eigenvalue weighted by Gasteiger charge is 2.36. The maximum absolute atomic E-state index is 12.9. The van der Waals surface area contributed by atoms with Gasteiger partial charge in [-0.3, -0.25) is 4.90 Å². The number of nitrogens with zero attached hydrogens (tertiary/aromatic N) is 3. The standard InChI is InChI=1S/C17H28ClN3O2S/c1-14-12-20(13-15(2)21(14)11-7-10-19(3)4)24(22,23)17-9-6-5-8-16(17)18/h5-6,8-9,14-15H,7,10-13H2,1-4H3. The summed E-state index contributed by atoms with van der Waals surface area (Å²) in [6, 6.07) is 7.04. The summed E-state index contributed by atoms with van der Waals surface area (Å²) in [6.07, 6.45) is 1.08. The van der Waals surface area contributed by atoms with Gasteiger partial charge in [-0.1, -0.05) is 23.7 Å². The first-order chi connectivity index (χ1) is 11.2. The zero-order valence-corrected chi connectivity index (χ0v) is 16.5. The molecule has 0 amide bonds. The van der Waals surface area contributed by atoms with Gasteiger partial charge in [0.15, 0.2) is 0 Å². The maximum Gasteiger partial charge on any atom is 0.244 e. The Bertz CT molecular complexity index is 639. The number of sulfonamides is 1. The third-order valence-electron chi connectivity index (χ3n) is 4.54. The van der Waals surface area contributed by atoms with E-state index < -0.39 is 10.0 Å². The van der Waals surface area contributed by atoms with Crippen LogP contribution in [-0.2, 0) is 10.0 Å². The second kappa shape index (κ2) is 8.15. The molecule has 0 N–H and O–H groups in total. The normalized spacial score (nSPS) is 23.8. The Morgan fingerprint density at radius 3 is 2.29 bits per heavy atom. The van der Waals surface area contributed by atoms with Crippen LogP contribution in [0, 0.1) is 0 Å². The van der Waals surface area contributed by atoms with E-state index in [1.54, 1.807) is 28.6 Å². The van der Waals surface area contributed by atoms with Gasteiger partial charge in [0.2, 0.25) is 10.0 Å². The maximum atomic E-state index is 12.9. The summed E-state index contributed by atoms with van der Waals surface area (Å²) in [4.78, 5) is 4.78. The van der Waals surface area contributed by atoms with E-state index in [1.165, 1.54) is 0 Å². The van der Waals surface area contributed by atoms with Crippen LogP contribution >= 0.6 is 11.6 Å². The lowest BCUT2D eigenvalue weighted by Crippen LogP contribution is -2.58. The minimum Gasteiger partial charge on any atom is -0.309 e. The largest absolute Gasteiger partial charge is 0.309 e. The van der Waals surface area contributed by atoms with Gasteiger partial charge in [0, 0.05) is 31.7 Å². The summed E-state index contributed by atoms with van der Waals surface area (Å²) in [5.74, 6) is 0. The number of halogens is 1. The Labute approximate surface area is 151 Å². The molecule has 24 heavy (non-hydrogen) atoms. The molecular weight excluding hydrogens is 346 g/mol. The van der Waals surface area contributed by atoms with Crippen LogP contribution in [0.1, 0.15) is 20.3 Å². The molecule has 2 rings (SSSR count). The van der Waals surface area contributed by atoms with Crippen LogP contribution in [0.5, 0.6) is 0 Å². The molecule has 136 valence electrons. The van der Waals surface area contributed by atoms with Crippen molar-refractivity contribution in [1.29, 1.82) is 0 Å². The predicted octanol–water partition coefficient (Wildman–Crippen LogP) is 2.38. The molecular formula is C17H28ClN3O2S. The average molecular weight is 374 g/mol. The number of benzene rings is 1. The predicted molar refractivity (Wildman–Crippen MR) is 99.0 cm³/mol. The van der Waals surface area contributed by atoms with E-state index in [0.29, 0.717) is 13.1 Å². The fourth-order valence-electron chi connectivity index (χ4n) is 3.31. The van der Waals surface area contributed by atoms with Crippen LogP contribution in [0.2, 0.25) is 5.02 Å². The minimum absolute atomic E-state index is 0.188. The van der Waals surface area contributed by atoms with Gasteiger partial charge in [-0.2, -0.15) is 4.31 Å². The van der Waals surface area contributed by atoms with E-state index >= 15 is 0 Å². The molecule has 0 bridgehead atoms. The van der Waals surface area contributed by atoms with Crippen LogP contribution in [0.25, 0.3) is 0 Å². The molecule has 5 nitrogen and oxygen atoms in total. The summed E-state index contributed by atoms with van der Waals surface area (Å²) in [5, 5.41) is 0.284. The van der Waals surface area contributed by atoms with Gasteiger partial charge in [-0.25, -0.2) is 8.42 Å². The molecule has 1 heterocycles. The van der Waals surface area contributed by atoms with Gasteiger partial charge in [0.05, 0.1) is 5.02 Å². The third kappa shape index (κ3) is 4.49. The Morgan fingerprint density at radius 2 is 1.75 bits per heavy atom. The first-order valence-electron chi connectivity index (χ1n) is 8.38. The second-order valence-corrected chi connectivity index (χ2v) is 9.16. The summed E-state index contributed by atoms with van der Waals surface area (Å²) in [6.45, 7) is 7.22. The lowest BCUT2D eigenvalue weighted by Gasteiger charge is -2.44. The minimum atomic E-state index is -3.55. The quantitative estimate of drug-likeness (QED) is 0.767. The van der Waals surface area contributed by atoms with Gasteiger partial charge in [0.1, 0.15) is 4.90 Å². The Balaban J connectivity index is 2.09. The van der Waals surface area contributed by atoms with Gasteiger partial charge in [-0.15, -0.1) is 0 Å². The highest BCUT2D eigenvalue weighted by Crippen LogP contribution is 2.27. The summed E-state index contributed by atoms with van der Waals surface area (Å²) < 4.78 is 27.4. The van der Waals surface area contributed by atoms with Crippen molar-refractivity contribution >= 4 is 21.6 Å². The van der Waals surface area contributed by atoms with Gasteiger partial charge in [-0.05, 0) is 53.0 Å². The SMILES string of the molecule is CC1CN(S(=O)(=O)c2ccccc2Cl)CC(C)N1CCCN(C)C. The van der Waals surface area contributed by atoms with Gasteiger partial charge < -0.3 is 4.90 Å². The second-order valence-electron chi connectivity index (χ2n) is 6.85. The lowest BCUT2D eigenvalue weighted by atomic mass is 10.1. The van der Waals surface area contributed by atoms with Crippen LogP contribution in [0.3, 0.4) is 0 Å². The van der Waals surface area contributed by atoms with Crippen molar-refractivity contribution in [2.24, 2.45) is 0 Å². The molecule has 2 unspecified atom stereocenters. The number of hydrogen-bond acceptors (Lipinski definition) is 4. The van der Waals surface area contributed by atoms with E-state index in [2.05, 4.69) is 37.7 Å². The van der Waals surface area contributed by atoms with E-state index in [0.717, 1.165) is 19.5 Å². The van der Waals surface area contributed by atoms with Crippen LogP contribution in [0.15, 0.2) is 29.2 Å². The molecule has 0 radical (unpaired) electrons. The van der Waals surface area contributed by atoms with Crippen molar-refractivity contribution in [2.75, 3.05) is 40.3 Å². The third-order valence-corrected chi connectivity index (χ3v) is 6.88. The fourth-order valence-corrected chi connectivity index (χ4v) is 5.40. The number of rotatable bonds is 6. The highest BCUT2D eigenvalue weighted by atomic mass is 35.5. The van der Waals surface area contributed by atoms with Crippen molar-refractivity contribution in [3.63, 3.8) is 0 Å². The van der Waals surface area contributed by atoms with Crippen molar-refractivity contribution in [3.8, 4) is 0 Å². The van der Waals surface area contributed by atoms with Crippen molar-refractivity contribution in [1.82, 2.24) is 14.1 Å². The summed E-state index contributed by atoms with van der Waals surface area (Å²) >= 11 is 6.11.